The van der Waals surface area contributed by atoms with E-state index in [2.05, 4.69) is 5.32 Å². The summed E-state index contributed by atoms with van der Waals surface area (Å²) in [6.07, 6.45) is 3.30. The molecule has 128 valence electrons. The Morgan fingerprint density at radius 3 is 2.78 bits per heavy atom. The largest absolute Gasteiger partial charge is 0.356 e. The number of aryl methyl sites for hydroxylation is 1. The molecule has 2 rings (SSSR count). The Bertz CT molecular complexity index is 676. The molecule has 23 heavy (non-hydrogen) atoms. The van der Waals surface area contributed by atoms with E-state index in [4.69, 9.17) is 11.6 Å². The van der Waals surface area contributed by atoms with Crippen LogP contribution in [0.5, 0.6) is 0 Å². The molecule has 0 unspecified atom stereocenters. The molecule has 0 bridgehead atoms. The molecule has 0 radical (unpaired) electrons. The molecule has 0 saturated carbocycles. The van der Waals surface area contributed by atoms with Gasteiger partial charge in [0, 0.05) is 31.1 Å². The number of nitrogens with one attached hydrogen (secondary N) is 1. The fraction of sp³-hybridized carbons (Fsp3) is 0.562. The van der Waals surface area contributed by atoms with E-state index in [1.54, 1.807) is 16.4 Å². The topological polar surface area (TPSA) is 66.5 Å². The van der Waals surface area contributed by atoms with E-state index < -0.39 is 10.0 Å². The molecule has 5 nitrogen and oxygen atoms in total. The zero-order valence-electron chi connectivity index (χ0n) is 13.5. The fourth-order valence-corrected chi connectivity index (χ4v) is 4.86. The number of sulfonamides is 1. The summed E-state index contributed by atoms with van der Waals surface area (Å²) in [6.45, 7) is 4.30. The summed E-state index contributed by atoms with van der Waals surface area (Å²) in [6, 6.07) is 4.77. The number of rotatable bonds is 5. The molecule has 0 aromatic heterocycles. The first kappa shape index (κ1) is 18.2. The van der Waals surface area contributed by atoms with Crippen LogP contribution in [0.4, 0.5) is 0 Å². The normalized spacial score (nSPS) is 19.5. The van der Waals surface area contributed by atoms with Crippen molar-refractivity contribution in [2.45, 2.75) is 50.5 Å². The van der Waals surface area contributed by atoms with Crippen LogP contribution in [0, 0.1) is 6.92 Å². The molecule has 7 heteroatoms. The van der Waals surface area contributed by atoms with Gasteiger partial charge in [-0.2, -0.15) is 4.31 Å². The van der Waals surface area contributed by atoms with Crippen molar-refractivity contribution in [2.24, 2.45) is 0 Å². The molecule has 1 amide bonds. The highest BCUT2D eigenvalue weighted by molar-refractivity contribution is 7.89. The van der Waals surface area contributed by atoms with Crippen LogP contribution >= 0.6 is 11.6 Å². The number of carbonyl (C=O) groups is 1. The fourth-order valence-electron chi connectivity index (χ4n) is 2.86. The molecule has 0 spiro atoms. The summed E-state index contributed by atoms with van der Waals surface area (Å²) in [5.74, 6) is -0.0967. The molecule has 1 aliphatic heterocycles. The Labute approximate surface area is 143 Å². The van der Waals surface area contributed by atoms with Crippen LogP contribution in [0.25, 0.3) is 0 Å². The van der Waals surface area contributed by atoms with Crippen molar-refractivity contribution in [3.63, 3.8) is 0 Å². The van der Waals surface area contributed by atoms with E-state index in [1.165, 1.54) is 13.0 Å². The van der Waals surface area contributed by atoms with Crippen molar-refractivity contribution < 1.29 is 13.2 Å². The Kier molecular flexibility index (Phi) is 6.06. The number of benzene rings is 1. The Morgan fingerprint density at radius 2 is 2.13 bits per heavy atom. The second kappa shape index (κ2) is 7.64. The SMILES string of the molecule is CC(=O)NCC[C@@H]1CCCCN1S(=O)(=O)c1ccc(C)c(Cl)c1. The van der Waals surface area contributed by atoms with Gasteiger partial charge in [0.2, 0.25) is 15.9 Å². The van der Waals surface area contributed by atoms with E-state index in [0.29, 0.717) is 24.5 Å². The van der Waals surface area contributed by atoms with Crippen LogP contribution in [0.15, 0.2) is 23.1 Å². The zero-order chi connectivity index (χ0) is 17.0. The first-order chi connectivity index (χ1) is 10.8. The number of hydrogen-bond acceptors (Lipinski definition) is 3. The molecule has 1 aromatic carbocycles. The number of hydrogen-bond donors (Lipinski definition) is 1. The van der Waals surface area contributed by atoms with E-state index in [0.717, 1.165) is 24.8 Å². The summed E-state index contributed by atoms with van der Waals surface area (Å²) in [4.78, 5) is 11.2. The average molecular weight is 359 g/mol. The summed E-state index contributed by atoms with van der Waals surface area (Å²) in [7, 11) is -3.56. The van der Waals surface area contributed by atoms with Gasteiger partial charge in [-0.25, -0.2) is 8.42 Å². The molecule has 0 aliphatic carbocycles. The van der Waals surface area contributed by atoms with Crippen LogP contribution in [0.3, 0.4) is 0 Å². The molecule has 1 fully saturated rings. The molecule has 1 heterocycles. The van der Waals surface area contributed by atoms with Crippen molar-refractivity contribution in [2.75, 3.05) is 13.1 Å². The molecule has 1 saturated heterocycles. The third-order valence-corrected chi connectivity index (χ3v) is 6.53. The predicted molar refractivity (Wildman–Crippen MR) is 91.0 cm³/mol. The van der Waals surface area contributed by atoms with Crippen molar-refractivity contribution in [1.29, 1.82) is 0 Å². The standard InChI is InChI=1S/C16H23ClN2O3S/c1-12-6-7-15(11-16(12)17)23(21,22)19-10-4-3-5-14(19)8-9-18-13(2)20/h6-7,11,14H,3-5,8-10H2,1-2H3,(H,18,20)/t14-/m0/s1. The molecule has 1 aromatic rings. The Hall–Kier alpha value is -1.11. The highest BCUT2D eigenvalue weighted by atomic mass is 35.5. The Balaban J connectivity index is 2.20. The molecule has 1 atom stereocenters. The third-order valence-electron chi connectivity index (χ3n) is 4.17. The van der Waals surface area contributed by atoms with Gasteiger partial charge in [0.05, 0.1) is 4.90 Å². The highest BCUT2D eigenvalue weighted by Crippen LogP contribution is 2.29. The summed E-state index contributed by atoms with van der Waals surface area (Å²) < 4.78 is 27.4. The van der Waals surface area contributed by atoms with E-state index >= 15 is 0 Å². The van der Waals surface area contributed by atoms with Gasteiger partial charge in [-0.3, -0.25) is 4.79 Å². The summed E-state index contributed by atoms with van der Waals surface area (Å²) in [5.41, 5.74) is 0.853. The van der Waals surface area contributed by atoms with Gasteiger partial charge in [-0.15, -0.1) is 0 Å². The average Bonchev–Trinajstić information content (AvgIpc) is 2.50. The van der Waals surface area contributed by atoms with Gasteiger partial charge in [0.25, 0.3) is 0 Å². The van der Waals surface area contributed by atoms with Gasteiger partial charge in [-0.1, -0.05) is 24.1 Å². The second-order valence-electron chi connectivity index (χ2n) is 5.95. The molecule has 1 N–H and O–H groups in total. The van der Waals surface area contributed by atoms with Crippen LogP contribution in [-0.4, -0.2) is 37.8 Å². The Morgan fingerprint density at radius 1 is 1.39 bits per heavy atom. The maximum absolute atomic E-state index is 12.9. The lowest BCUT2D eigenvalue weighted by atomic mass is 10.0. The lowest BCUT2D eigenvalue weighted by molar-refractivity contribution is -0.119. The number of halogens is 1. The van der Waals surface area contributed by atoms with Gasteiger partial charge in [0.15, 0.2) is 0 Å². The van der Waals surface area contributed by atoms with E-state index in [1.807, 2.05) is 6.92 Å². The first-order valence-corrected chi connectivity index (χ1v) is 9.66. The lowest BCUT2D eigenvalue weighted by Gasteiger charge is -2.34. The van der Waals surface area contributed by atoms with Crippen molar-refractivity contribution in [1.82, 2.24) is 9.62 Å². The minimum atomic E-state index is -3.56. The van der Waals surface area contributed by atoms with Crippen molar-refractivity contribution in [3.05, 3.63) is 28.8 Å². The zero-order valence-corrected chi connectivity index (χ0v) is 15.1. The van der Waals surface area contributed by atoms with Gasteiger partial charge < -0.3 is 5.32 Å². The highest BCUT2D eigenvalue weighted by Gasteiger charge is 2.33. The van der Waals surface area contributed by atoms with Crippen LogP contribution in [0.2, 0.25) is 5.02 Å². The van der Waals surface area contributed by atoms with E-state index in [9.17, 15) is 13.2 Å². The first-order valence-electron chi connectivity index (χ1n) is 7.85. The minimum absolute atomic E-state index is 0.0827. The van der Waals surface area contributed by atoms with Crippen LogP contribution in [0.1, 0.15) is 38.2 Å². The number of nitrogens with zero attached hydrogens (tertiary/aromatic N) is 1. The van der Waals surface area contributed by atoms with Gasteiger partial charge in [-0.05, 0) is 43.9 Å². The molecule has 1 aliphatic rings. The predicted octanol–water partition coefficient (Wildman–Crippen LogP) is 2.72. The number of amides is 1. The maximum atomic E-state index is 12.9. The maximum Gasteiger partial charge on any atom is 0.243 e. The van der Waals surface area contributed by atoms with Gasteiger partial charge in [0.1, 0.15) is 0 Å². The summed E-state index contributed by atoms with van der Waals surface area (Å²) >= 11 is 6.08. The van der Waals surface area contributed by atoms with E-state index in [-0.39, 0.29) is 16.8 Å². The molecular weight excluding hydrogens is 336 g/mol. The minimum Gasteiger partial charge on any atom is -0.356 e. The smallest absolute Gasteiger partial charge is 0.243 e. The monoisotopic (exact) mass is 358 g/mol. The summed E-state index contributed by atoms with van der Waals surface area (Å²) in [5, 5.41) is 3.20. The van der Waals surface area contributed by atoms with Crippen molar-refractivity contribution in [3.8, 4) is 0 Å². The number of carbonyl (C=O) groups excluding carboxylic acids is 1. The quantitative estimate of drug-likeness (QED) is 0.880. The van der Waals surface area contributed by atoms with Crippen molar-refractivity contribution >= 4 is 27.5 Å². The third kappa shape index (κ3) is 4.46. The second-order valence-corrected chi connectivity index (χ2v) is 8.25. The van der Waals surface area contributed by atoms with Gasteiger partial charge >= 0.3 is 0 Å². The van der Waals surface area contributed by atoms with Crippen LogP contribution < -0.4 is 5.32 Å². The molecular formula is C16H23ClN2O3S. The number of piperidine rings is 1. The lowest BCUT2D eigenvalue weighted by Crippen LogP contribution is -2.45. The van der Waals surface area contributed by atoms with Crippen LogP contribution in [-0.2, 0) is 14.8 Å².